The molecule has 1 rings (SSSR count). The van der Waals surface area contributed by atoms with Crippen molar-refractivity contribution < 1.29 is 14.3 Å². The Hall–Kier alpha value is -1.85. The predicted octanol–water partition coefficient (Wildman–Crippen LogP) is -0.455. The number of rotatable bonds is 4. The van der Waals surface area contributed by atoms with E-state index in [0.29, 0.717) is 12.2 Å². The van der Waals surface area contributed by atoms with E-state index in [1.54, 1.807) is 6.92 Å². The molecule has 1 aromatic heterocycles. The highest BCUT2D eigenvalue weighted by Crippen LogP contribution is 2.00. The van der Waals surface area contributed by atoms with E-state index in [0.717, 1.165) is 0 Å². The van der Waals surface area contributed by atoms with Crippen molar-refractivity contribution in [1.82, 2.24) is 9.78 Å². The smallest absolute Gasteiger partial charge is 0.341 e. The highest BCUT2D eigenvalue weighted by atomic mass is 16.5. The maximum Gasteiger partial charge on any atom is 0.341 e. The van der Waals surface area contributed by atoms with Gasteiger partial charge in [-0.1, -0.05) is 0 Å². The molecule has 76 valence electrons. The van der Waals surface area contributed by atoms with Crippen LogP contribution < -0.4 is 5.73 Å². The van der Waals surface area contributed by atoms with Gasteiger partial charge in [-0.3, -0.25) is 9.48 Å². The summed E-state index contributed by atoms with van der Waals surface area (Å²) in [4.78, 5) is 21.7. The van der Waals surface area contributed by atoms with E-state index < -0.39 is 11.9 Å². The van der Waals surface area contributed by atoms with E-state index >= 15 is 0 Å². The van der Waals surface area contributed by atoms with Crippen molar-refractivity contribution in [1.29, 1.82) is 0 Å². The van der Waals surface area contributed by atoms with Crippen LogP contribution in [0.5, 0.6) is 0 Å². The van der Waals surface area contributed by atoms with Gasteiger partial charge in [0.1, 0.15) is 6.54 Å². The van der Waals surface area contributed by atoms with E-state index in [2.05, 4.69) is 5.10 Å². The molecule has 0 aliphatic rings. The largest absolute Gasteiger partial charge is 0.462 e. The van der Waals surface area contributed by atoms with Gasteiger partial charge in [0.2, 0.25) is 5.91 Å². The number of carbonyl (C=O) groups is 2. The Bertz CT molecular complexity index is 345. The van der Waals surface area contributed by atoms with Gasteiger partial charge < -0.3 is 10.5 Å². The zero-order chi connectivity index (χ0) is 10.6. The van der Waals surface area contributed by atoms with Crippen molar-refractivity contribution in [3.8, 4) is 0 Å². The molecule has 6 nitrogen and oxygen atoms in total. The fourth-order valence-electron chi connectivity index (χ4n) is 0.930. The van der Waals surface area contributed by atoms with Crippen LogP contribution >= 0.6 is 0 Å². The minimum Gasteiger partial charge on any atom is -0.462 e. The highest BCUT2D eigenvalue weighted by molar-refractivity contribution is 5.88. The molecule has 0 radical (unpaired) electrons. The molecule has 0 atom stereocenters. The monoisotopic (exact) mass is 197 g/mol. The molecule has 0 saturated carbocycles. The number of hydrogen-bond donors (Lipinski definition) is 1. The minimum atomic E-state index is -0.511. The third-order valence-corrected chi connectivity index (χ3v) is 1.46. The summed E-state index contributed by atoms with van der Waals surface area (Å²) in [7, 11) is 0. The van der Waals surface area contributed by atoms with E-state index in [1.165, 1.54) is 17.1 Å². The number of carbonyl (C=O) groups excluding carboxylic acids is 2. The summed E-state index contributed by atoms with van der Waals surface area (Å²) in [5.74, 6) is -0.966. The number of aromatic nitrogens is 2. The van der Waals surface area contributed by atoms with E-state index in [1.807, 2.05) is 0 Å². The predicted molar refractivity (Wildman–Crippen MR) is 47.4 cm³/mol. The molecule has 1 amide bonds. The first-order valence-corrected chi connectivity index (χ1v) is 4.11. The Morgan fingerprint density at radius 1 is 1.64 bits per heavy atom. The molecule has 0 aliphatic heterocycles. The minimum absolute atomic E-state index is 0.0423. The van der Waals surface area contributed by atoms with Crippen molar-refractivity contribution >= 4 is 11.9 Å². The molecule has 0 spiro atoms. The standard InChI is InChI=1S/C8H11N3O3/c1-2-14-8(13)6-3-10-11(4-6)5-7(9)12/h3-4H,2,5H2,1H3,(H2,9,12). The molecule has 14 heavy (non-hydrogen) atoms. The van der Waals surface area contributed by atoms with Gasteiger partial charge >= 0.3 is 5.97 Å². The number of esters is 1. The number of amides is 1. The van der Waals surface area contributed by atoms with Crippen LogP contribution in [0.15, 0.2) is 12.4 Å². The summed E-state index contributed by atoms with van der Waals surface area (Å²) >= 11 is 0. The van der Waals surface area contributed by atoms with Gasteiger partial charge in [-0.2, -0.15) is 5.10 Å². The summed E-state index contributed by atoms with van der Waals surface area (Å²) < 4.78 is 6.02. The lowest BCUT2D eigenvalue weighted by atomic mass is 10.4. The Morgan fingerprint density at radius 3 is 2.93 bits per heavy atom. The lowest BCUT2D eigenvalue weighted by molar-refractivity contribution is -0.118. The fraction of sp³-hybridized carbons (Fsp3) is 0.375. The van der Waals surface area contributed by atoms with Crippen molar-refractivity contribution in [2.45, 2.75) is 13.5 Å². The van der Waals surface area contributed by atoms with Crippen LogP contribution in [0, 0.1) is 0 Å². The molecular formula is C8H11N3O3. The average Bonchev–Trinajstić information content (AvgIpc) is 2.52. The maximum absolute atomic E-state index is 11.2. The normalized spacial score (nSPS) is 9.79. The number of primary amides is 1. The van der Waals surface area contributed by atoms with Crippen LogP contribution in [0.3, 0.4) is 0 Å². The first kappa shape index (κ1) is 10.2. The number of ether oxygens (including phenoxy) is 1. The topological polar surface area (TPSA) is 87.2 Å². The molecular weight excluding hydrogens is 186 g/mol. The molecule has 0 unspecified atom stereocenters. The second kappa shape index (κ2) is 4.40. The zero-order valence-electron chi connectivity index (χ0n) is 7.77. The molecule has 0 fully saturated rings. The van der Waals surface area contributed by atoms with Crippen LogP contribution in [0.25, 0.3) is 0 Å². The van der Waals surface area contributed by atoms with Gasteiger partial charge in [0.25, 0.3) is 0 Å². The lowest BCUT2D eigenvalue weighted by Crippen LogP contribution is -2.18. The van der Waals surface area contributed by atoms with Gasteiger partial charge in [-0.05, 0) is 6.92 Å². The van der Waals surface area contributed by atoms with Gasteiger partial charge in [0.05, 0.1) is 18.4 Å². The van der Waals surface area contributed by atoms with Gasteiger partial charge in [-0.25, -0.2) is 4.79 Å². The van der Waals surface area contributed by atoms with E-state index in [4.69, 9.17) is 10.5 Å². The molecule has 1 heterocycles. The first-order chi connectivity index (χ1) is 6.63. The second-order valence-corrected chi connectivity index (χ2v) is 2.61. The van der Waals surface area contributed by atoms with Crippen LogP contribution in [-0.2, 0) is 16.1 Å². The first-order valence-electron chi connectivity index (χ1n) is 4.11. The third-order valence-electron chi connectivity index (χ3n) is 1.46. The van der Waals surface area contributed by atoms with Crippen molar-refractivity contribution in [3.05, 3.63) is 18.0 Å². The molecule has 6 heteroatoms. The Morgan fingerprint density at radius 2 is 2.36 bits per heavy atom. The van der Waals surface area contributed by atoms with Gasteiger partial charge in [-0.15, -0.1) is 0 Å². The van der Waals surface area contributed by atoms with Crippen LogP contribution in [0.4, 0.5) is 0 Å². The molecule has 0 aliphatic carbocycles. The van der Waals surface area contributed by atoms with Crippen molar-refractivity contribution in [2.24, 2.45) is 5.73 Å². The van der Waals surface area contributed by atoms with Crippen molar-refractivity contribution in [3.63, 3.8) is 0 Å². The van der Waals surface area contributed by atoms with Crippen LogP contribution in [-0.4, -0.2) is 28.3 Å². The fourth-order valence-corrected chi connectivity index (χ4v) is 0.930. The van der Waals surface area contributed by atoms with E-state index in [9.17, 15) is 9.59 Å². The van der Waals surface area contributed by atoms with E-state index in [-0.39, 0.29) is 6.54 Å². The van der Waals surface area contributed by atoms with Crippen LogP contribution in [0.2, 0.25) is 0 Å². The average molecular weight is 197 g/mol. The molecule has 2 N–H and O–H groups in total. The van der Waals surface area contributed by atoms with Crippen LogP contribution in [0.1, 0.15) is 17.3 Å². The summed E-state index contributed by atoms with van der Waals surface area (Å²) in [5, 5.41) is 3.77. The highest BCUT2D eigenvalue weighted by Gasteiger charge is 2.09. The Labute approximate surface area is 80.6 Å². The Kier molecular flexibility index (Phi) is 3.22. The maximum atomic E-state index is 11.2. The summed E-state index contributed by atoms with van der Waals surface area (Å²) in [5.41, 5.74) is 5.27. The van der Waals surface area contributed by atoms with Crippen molar-refractivity contribution in [2.75, 3.05) is 6.61 Å². The molecule has 0 aromatic carbocycles. The van der Waals surface area contributed by atoms with Gasteiger partial charge in [0, 0.05) is 6.20 Å². The zero-order valence-corrected chi connectivity index (χ0v) is 7.77. The third kappa shape index (κ3) is 2.58. The second-order valence-electron chi connectivity index (χ2n) is 2.61. The summed E-state index contributed by atoms with van der Waals surface area (Å²) in [6.07, 6.45) is 2.75. The Balaban J connectivity index is 2.67. The SMILES string of the molecule is CCOC(=O)c1cnn(CC(N)=O)c1. The summed E-state index contributed by atoms with van der Waals surface area (Å²) in [6.45, 7) is 1.98. The van der Waals surface area contributed by atoms with Gasteiger partial charge in [0.15, 0.2) is 0 Å². The number of hydrogen-bond acceptors (Lipinski definition) is 4. The lowest BCUT2D eigenvalue weighted by Gasteiger charge is -1.97. The molecule has 0 bridgehead atoms. The summed E-state index contributed by atoms with van der Waals surface area (Å²) in [6, 6.07) is 0. The molecule has 1 aromatic rings. The number of nitrogens with two attached hydrogens (primary N) is 1. The quantitative estimate of drug-likeness (QED) is 0.662. The number of nitrogens with zero attached hydrogens (tertiary/aromatic N) is 2. The molecule has 0 saturated heterocycles.